The van der Waals surface area contributed by atoms with Crippen LogP contribution in [0, 0.1) is 17.8 Å². The SMILES string of the molecule is CC(C)[C@@H]1CC[C@@H](C)C[C@@H]1[S@@](=O)c1nc2ccccc2[nH]1. The van der Waals surface area contributed by atoms with Crippen molar-refractivity contribution < 1.29 is 4.21 Å². The lowest BCUT2D eigenvalue weighted by Gasteiger charge is -2.36. The Labute approximate surface area is 129 Å². The lowest BCUT2D eigenvalue weighted by Crippen LogP contribution is -2.35. The van der Waals surface area contributed by atoms with Gasteiger partial charge >= 0.3 is 0 Å². The summed E-state index contributed by atoms with van der Waals surface area (Å²) < 4.78 is 13.0. The molecule has 1 aliphatic carbocycles. The van der Waals surface area contributed by atoms with Crippen molar-refractivity contribution in [3.05, 3.63) is 24.3 Å². The summed E-state index contributed by atoms with van der Waals surface area (Å²) in [5.41, 5.74) is 1.89. The molecule has 1 N–H and O–H groups in total. The van der Waals surface area contributed by atoms with E-state index < -0.39 is 10.8 Å². The van der Waals surface area contributed by atoms with Crippen LogP contribution in [0.15, 0.2) is 29.4 Å². The molecule has 0 saturated heterocycles. The normalized spacial score (nSPS) is 28.1. The van der Waals surface area contributed by atoms with E-state index in [-0.39, 0.29) is 5.25 Å². The molecule has 0 bridgehead atoms. The van der Waals surface area contributed by atoms with Crippen molar-refractivity contribution in [2.75, 3.05) is 0 Å². The van der Waals surface area contributed by atoms with Crippen molar-refractivity contribution >= 4 is 21.8 Å². The zero-order valence-electron chi connectivity index (χ0n) is 13.0. The minimum atomic E-state index is -1.04. The summed E-state index contributed by atoms with van der Waals surface area (Å²) in [5, 5.41) is 0.885. The van der Waals surface area contributed by atoms with Crippen LogP contribution >= 0.6 is 0 Å². The molecule has 2 aromatic rings. The molecule has 1 heterocycles. The van der Waals surface area contributed by atoms with Crippen molar-refractivity contribution in [2.45, 2.75) is 50.4 Å². The second kappa shape index (κ2) is 5.91. The van der Waals surface area contributed by atoms with Gasteiger partial charge in [0.25, 0.3) is 0 Å². The zero-order chi connectivity index (χ0) is 15.0. The smallest absolute Gasteiger partial charge is 0.197 e. The van der Waals surface area contributed by atoms with Crippen LogP contribution in [0.25, 0.3) is 11.0 Å². The van der Waals surface area contributed by atoms with Crippen molar-refractivity contribution in [3.63, 3.8) is 0 Å². The van der Waals surface area contributed by atoms with E-state index in [1.54, 1.807) is 0 Å². The van der Waals surface area contributed by atoms with E-state index in [1.165, 1.54) is 12.8 Å². The van der Waals surface area contributed by atoms with Crippen LogP contribution in [0.2, 0.25) is 0 Å². The largest absolute Gasteiger partial charge is 0.331 e. The first-order chi connectivity index (χ1) is 10.1. The fourth-order valence-electron chi connectivity index (χ4n) is 3.53. The summed E-state index contributed by atoms with van der Waals surface area (Å²) in [6.45, 7) is 6.78. The number of rotatable bonds is 3. The van der Waals surface area contributed by atoms with Gasteiger partial charge in [-0.1, -0.05) is 39.3 Å². The Morgan fingerprint density at radius 2 is 2.05 bits per heavy atom. The molecule has 3 nitrogen and oxygen atoms in total. The third kappa shape index (κ3) is 2.91. The molecule has 1 saturated carbocycles. The average Bonchev–Trinajstić information content (AvgIpc) is 2.89. The van der Waals surface area contributed by atoms with Crippen LogP contribution in [0.3, 0.4) is 0 Å². The summed E-state index contributed by atoms with van der Waals surface area (Å²) in [6, 6.07) is 7.91. The van der Waals surface area contributed by atoms with Crippen LogP contribution in [-0.4, -0.2) is 19.4 Å². The van der Waals surface area contributed by atoms with Crippen molar-refractivity contribution in [3.8, 4) is 0 Å². The highest BCUT2D eigenvalue weighted by Gasteiger charge is 2.36. The van der Waals surface area contributed by atoms with E-state index in [0.29, 0.717) is 22.9 Å². The van der Waals surface area contributed by atoms with Crippen LogP contribution in [-0.2, 0) is 10.8 Å². The molecule has 0 spiro atoms. The van der Waals surface area contributed by atoms with Gasteiger partial charge in [-0.25, -0.2) is 4.98 Å². The quantitative estimate of drug-likeness (QED) is 0.926. The first kappa shape index (κ1) is 14.8. The highest BCUT2D eigenvalue weighted by molar-refractivity contribution is 7.85. The van der Waals surface area contributed by atoms with Gasteiger partial charge in [-0.15, -0.1) is 0 Å². The van der Waals surface area contributed by atoms with E-state index in [1.807, 2.05) is 24.3 Å². The summed E-state index contributed by atoms with van der Waals surface area (Å²) in [7, 11) is -1.04. The molecule has 3 rings (SSSR count). The average molecular weight is 304 g/mol. The molecule has 0 radical (unpaired) electrons. The number of hydrogen-bond donors (Lipinski definition) is 1. The molecular formula is C17H24N2OS. The second-order valence-corrected chi connectivity index (χ2v) is 8.31. The molecule has 0 aliphatic heterocycles. The minimum Gasteiger partial charge on any atom is -0.331 e. The van der Waals surface area contributed by atoms with Crippen molar-refractivity contribution in [2.24, 2.45) is 17.8 Å². The number of aromatic nitrogens is 2. The number of nitrogens with zero attached hydrogens (tertiary/aromatic N) is 1. The van der Waals surface area contributed by atoms with Gasteiger partial charge in [0.05, 0.1) is 21.8 Å². The van der Waals surface area contributed by atoms with Gasteiger partial charge < -0.3 is 4.98 Å². The van der Waals surface area contributed by atoms with Gasteiger partial charge in [-0.05, 0) is 42.7 Å². The third-order valence-corrected chi connectivity index (χ3v) is 6.46. The molecule has 1 fully saturated rings. The molecular weight excluding hydrogens is 280 g/mol. The van der Waals surface area contributed by atoms with Gasteiger partial charge in [0.2, 0.25) is 0 Å². The molecule has 4 atom stereocenters. The van der Waals surface area contributed by atoms with E-state index in [0.717, 1.165) is 17.5 Å². The Balaban J connectivity index is 1.91. The number of H-pyrrole nitrogens is 1. The molecule has 0 unspecified atom stereocenters. The van der Waals surface area contributed by atoms with Crippen LogP contribution in [0.5, 0.6) is 0 Å². The van der Waals surface area contributed by atoms with Gasteiger partial charge in [0.15, 0.2) is 5.16 Å². The lowest BCUT2D eigenvalue weighted by atomic mass is 9.77. The van der Waals surface area contributed by atoms with Gasteiger partial charge in [-0.2, -0.15) is 0 Å². The van der Waals surface area contributed by atoms with Crippen LogP contribution in [0.4, 0.5) is 0 Å². The number of aromatic amines is 1. The highest BCUT2D eigenvalue weighted by atomic mass is 32.2. The fourth-order valence-corrected chi connectivity index (χ4v) is 5.49. The number of hydrogen-bond acceptors (Lipinski definition) is 2. The Hall–Kier alpha value is -1.16. The molecule has 0 amide bonds. The Morgan fingerprint density at radius 3 is 2.76 bits per heavy atom. The summed E-state index contributed by atoms with van der Waals surface area (Å²) >= 11 is 0. The molecule has 1 aromatic carbocycles. The van der Waals surface area contributed by atoms with Crippen molar-refractivity contribution in [1.29, 1.82) is 0 Å². The molecule has 4 heteroatoms. The lowest BCUT2D eigenvalue weighted by molar-refractivity contribution is 0.240. The fraction of sp³-hybridized carbons (Fsp3) is 0.588. The third-order valence-electron chi connectivity index (χ3n) is 4.79. The Morgan fingerprint density at radius 1 is 1.29 bits per heavy atom. The number of imidazole rings is 1. The highest BCUT2D eigenvalue weighted by Crippen LogP contribution is 2.37. The predicted octanol–water partition coefficient (Wildman–Crippen LogP) is 4.13. The van der Waals surface area contributed by atoms with E-state index in [9.17, 15) is 4.21 Å². The number of benzene rings is 1. The molecule has 21 heavy (non-hydrogen) atoms. The zero-order valence-corrected chi connectivity index (χ0v) is 13.8. The Kier molecular flexibility index (Phi) is 4.16. The van der Waals surface area contributed by atoms with Crippen molar-refractivity contribution in [1.82, 2.24) is 9.97 Å². The van der Waals surface area contributed by atoms with E-state index in [2.05, 4.69) is 30.7 Å². The maximum atomic E-state index is 13.0. The van der Waals surface area contributed by atoms with Gasteiger partial charge in [-0.3, -0.25) is 4.21 Å². The first-order valence-corrected chi connectivity index (χ1v) is 9.13. The standard InChI is InChI=1S/C17H24N2OS/c1-11(2)13-9-8-12(3)10-16(13)21(20)17-18-14-6-4-5-7-15(14)19-17/h4-7,11-13,16H,8-10H2,1-3H3,(H,18,19)/t12-,13+,16+,21-/m1/s1. The maximum absolute atomic E-state index is 13.0. The maximum Gasteiger partial charge on any atom is 0.197 e. The molecule has 114 valence electrons. The Bertz CT molecular complexity index is 616. The van der Waals surface area contributed by atoms with Gasteiger partial charge in [0.1, 0.15) is 0 Å². The van der Waals surface area contributed by atoms with Gasteiger partial charge in [0, 0.05) is 5.25 Å². The monoisotopic (exact) mass is 304 g/mol. The van der Waals surface area contributed by atoms with E-state index in [4.69, 9.17) is 0 Å². The number of para-hydroxylation sites is 2. The predicted molar refractivity (Wildman–Crippen MR) is 87.6 cm³/mol. The number of nitrogens with one attached hydrogen (secondary N) is 1. The summed E-state index contributed by atoms with van der Waals surface area (Å²) in [6.07, 6.45) is 3.50. The van der Waals surface area contributed by atoms with Crippen LogP contribution in [0.1, 0.15) is 40.0 Å². The topological polar surface area (TPSA) is 45.8 Å². The van der Waals surface area contributed by atoms with E-state index >= 15 is 0 Å². The molecule has 1 aromatic heterocycles. The minimum absolute atomic E-state index is 0.231. The summed E-state index contributed by atoms with van der Waals surface area (Å²) in [5.74, 6) is 1.78. The molecule has 1 aliphatic rings. The second-order valence-electron chi connectivity index (χ2n) is 6.72. The number of fused-ring (bicyclic) bond motifs is 1. The first-order valence-electron chi connectivity index (χ1n) is 7.91. The summed E-state index contributed by atoms with van der Waals surface area (Å²) in [4.78, 5) is 7.81. The van der Waals surface area contributed by atoms with Crippen LogP contribution < -0.4 is 0 Å².